The van der Waals surface area contributed by atoms with Crippen LogP contribution in [0.3, 0.4) is 0 Å². The number of nitrogens with one attached hydrogen (secondary N) is 1. The lowest BCUT2D eigenvalue weighted by atomic mass is 10.0. The van der Waals surface area contributed by atoms with E-state index in [2.05, 4.69) is 15.0 Å². The summed E-state index contributed by atoms with van der Waals surface area (Å²) in [6.07, 6.45) is 3.42. The Morgan fingerprint density at radius 1 is 1.22 bits per heavy atom. The molecule has 4 rings (SSSR count). The fraction of sp³-hybridized carbons (Fsp3) is 0.211. The number of nitrogens with two attached hydrogens (primary N) is 1. The molecule has 8 heteroatoms. The van der Waals surface area contributed by atoms with Crippen molar-refractivity contribution in [3.63, 3.8) is 0 Å². The van der Waals surface area contributed by atoms with Crippen molar-refractivity contribution in [2.45, 2.75) is 0 Å². The van der Waals surface area contributed by atoms with Gasteiger partial charge in [0.1, 0.15) is 5.69 Å². The van der Waals surface area contributed by atoms with Crippen LogP contribution < -0.4 is 5.73 Å². The van der Waals surface area contributed by atoms with Gasteiger partial charge in [-0.25, -0.2) is 9.97 Å². The second kappa shape index (κ2) is 7.38. The minimum absolute atomic E-state index is 0.0594. The SMILES string of the molecule is Nc1ncc(-c2cccc(Cl)c2)c(-c2c[nH]c(C(=O)N3CCOCC3)c2)n1. The second-order valence-electron chi connectivity index (χ2n) is 6.21. The molecule has 1 fully saturated rings. The summed E-state index contributed by atoms with van der Waals surface area (Å²) in [6, 6.07) is 9.22. The topological polar surface area (TPSA) is 97.1 Å². The van der Waals surface area contributed by atoms with E-state index in [9.17, 15) is 4.79 Å². The number of hydrogen-bond donors (Lipinski definition) is 2. The van der Waals surface area contributed by atoms with Gasteiger partial charge in [0.25, 0.3) is 5.91 Å². The van der Waals surface area contributed by atoms with Crippen molar-refractivity contribution in [3.05, 3.63) is 53.4 Å². The van der Waals surface area contributed by atoms with Crippen molar-refractivity contribution in [2.75, 3.05) is 32.0 Å². The number of carbonyl (C=O) groups excluding carboxylic acids is 1. The number of amides is 1. The zero-order chi connectivity index (χ0) is 18.8. The third kappa shape index (κ3) is 3.65. The molecular weight excluding hydrogens is 366 g/mol. The lowest BCUT2D eigenvalue weighted by molar-refractivity contribution is 0.0299. The lowest BCUT2D eigenvalue weighted by Crippen LogP contribution is -2.40. The summed E-state index contributed by atoms with van der Waals surface area (Å²) >= 11 is 6.12. The molecule has 0 saturated carbocycles. The van der Waals surface area contributed by atoms with E-state index < -0.39 is 0 Å². The number of hydrogen-bond acceptors (Lipinski definition) is 5. The van der Waals surface area contributed by atoms with Crippen LogP contribution in [0.2, 0.25) is 5.02 Å². The van der Waals surface area contributed by atoms with E-state index in [0.29, 0.717) is 42.7 Å². The monoisotopic (exact) mass is 383 g/mol. The van der Waals surface area contributed by atoms with Gasteiger partial charge in [0.05, 0.1) is 18.9 Å². The number of benzene rings is 1. The summed E-state index contributed by atoms with van der Waals surface area (Å²) in [5.74, 6) is 0.105. The van der Waals surface area contributed by atoms with E-state index in [-0.39, 0.29) is 11.9 Å². The predicted molar refractivity (Wildman–Crippen MR) is 103 cm³/mol. The van der Waals surface area contributed by atoms with Crippen molar-refractivity contribution in [2.24, 2.45) is 0 Å². The first-order valence-corrected chi connectivity index (χ1v) is 8.94. The highest BCUT2D eigenvalue weighted by Gasteiger charge is 2.21. The van der Waals surface area contributed by atoms with Gasteiger partial charge < -0.3 is 20.4 Å². The van der Waals surface area contributed by atoms with Gasteiger partial charge in [-0.15, -0.1) is 0 Å². The minimum Gasteiger partial charge on any atom is -0.378 e. The number of ether oxygens (including phenoxy) is 1. The number of aromatic nitrogens is 3. The van der Waals surface area contributed by atoms with Crippen LogP contribution in [-0.2, 0) is 4.74 Å². The van der Waals surface area contributed by atoms with E-state index in [4.69, 9.17) is 22.1 Å². The largest absolute Gasteiger partial charge is 0.378 e. The molecule has 138 valence electrons. The lowest BCUT2D eigenvalue weighted by Gasteiger charge is -2.26. The average molecular weight is 384 g/mol. The molecule has 0 bridgehead atoms. The molecular formula is C19H18ClN5O2. The number of nitrogen functional groups attached to an aromatic ring is 1. The van der Waals surface area contributed by atoms with Crippen molar-refractivity contribution in [1.82, 2.24) is 19.9 Å². The van der Waals surface area contributed by atoms with E-state index in [1.165, 1.54) is 0 Å². The number of aromatic amines is 1. The van der Waals surface area contributed by atoms with Crippen LogP contribution in [0.25, 0.3) is 22.4 Å². The Balaban J connectivity index is 1.71. The highest BCUT2D eigenvalue weighted by molar-refractivity contribution is 6.30. The Kier molecular flexibility index (Phi) is 4.79. The Morgan fingerprint density at radius 3 is 2.81 bits per heavy atom. The van der Waals surface area contributed by atoms with Gasteiger partial charge >= 0.3 is 0 Å². The molecule has 0 atom stereocenters. The highest BCUT2D eigenvalue weighted by atomic mass is 35.5. The molecule has 27 heavy (non-hydrogen) atoms. The van der Waals surface area contributed by atoms with Crippen LogP contribution in [0.15, 0.2) is 42.7 Å². The van der Waals surface area contributed by atoms with Gasteiger partial charge in [-0.1, -0.05) is 23.7 Å². The fourth-order valence-corrected chi connectivity index (χ4v) is 3.26. The van der Waals surface area contributed by atoms with Crippen LogP contribution in [0, 0.1) is 0 Å². The number of carbonyl (C=O) groups is 1. The van der Waals surface area contributed by atoms with Crippen LogP contribution in [0.4, 0.5) is 5.95 Å². The van der Waals surface area contributed by atoms with Crippen molar-refractivity contribution in [3.8, 4) is 22.4 Å². The Hall–Kier alpha value is -2.90. The molecule has 0 radical (unpaired) electrons. The molecule has 1 aromatic carbocycles. The van der Waals surface area contributed by atoms with Crippen LogP contribution in [0.1, 0.15) is 10.5 Å². The van der Waals surface area contributed by atoms with Gasteiger partial charge in [-0.05, 0) is 23.8 Å². The summed E-state index contributed by atoms with van der Waals surface area (Å²) in [7, 11) is 0. The Labute approximate surface area is 161 Å². The van der Waals surface area contributed by atoms with Gasteiger partial charge in [-0.3, -0.25) is 4.79 Å². The molecule has 1 saturated heterocycles. The molecule has 7 nitrogen and oxygen atoms in total. The summed E-state index contributed by atoms with van der Waals surface area (Å²) < 4.78 is 5.30. The van der Waals surface area contributed by atoms with Gasteiger partial charge in [-0.2, -0.15) is 0 Å². The summed E-state index contributed by atoms with van der Waals surface area (Å²) in [5, 5.41) is 0.618. The number of anilines is 1. The summed E-state index contributed by atoms with van der Waals surface area (Å²) in [6.45, 7) is 2.28. The maximum atomic E-state index is 12.7. The van der Waals surface area contributed by atoms with Gasteiger partial charge in [0, 0.05) is 41.6 Å². The molecule has 0 spiro atoms. The molecule has 1 aliphatic rings. The first-order chi connectivity index (χ1) is 13.1. The first kappa shape index (κ1) is 17.5. The zero-order valence-electron chi connectivity index (χ0n) is 14.5. The standard InChI is InChI=1S/C19H18ClN5O2/c20-14-3-1-2-12(8-14)15-11-23-19(21)24-17(15)13-9-16(22-10-13)18(26)25-4-6-27-7-5-25/h1-3,8-11,22H,4-7H2,(H2,21,23,24). The molecule has 0 unspecified atom stereocenters. The fourth-order valence-electron chi connectivity index (χ4n) is 3.07. The second-order valence-corrected chi connectivity index (χ2v) is 6.64. The molecule has 3 heterocycles. The molecule has 0 aliphatic carbocycles. The molecule has 1 aliphatic heterocycles. The Bertz CT molecular complexity index is 982. The van der Waals surface area contributed by atoms with Gasteiger partial charge in [0.2, 0.25) is 5.95 Å². The van der Waals surface area contributed by atoms with Crippen molar-refractivity contribution < 1.29 is 9.53 Å². The molecule has 3 N–H and O–H groups in total. The number of morpholine rings is 1. The number of H-pyrrole nitrogens is 1. The number of nitrogens with zero attached hydrogens (tertiary/aromatic N) is 3. The highest BCUT2D eigenvalue weighted by Crippen LogP contribution is 2.32. The van der Waals surface area contributed by atoms with Crippen molar-refractivity contribution in [1.29, 1.82) is 0 Å². The zero-order valence-corrected chi connectivity index (χ0v) is 15.2. The van der Waals surface area contributed by atoms with Gasteiger partial charge in [0.15, 0.2) is 0 Å². The maximum absolute atomic E-state index is 12.7. The molecule has 3 aromatic rings. The summed E-state index contributed by atoms with van der Waals surface area (Å²) in [4.78, 5) is 26.0. The Morgan fingerprint density at radius 2 is 2.04 bits per heavy atom. The van der Waals surface area contributed by atoms with E-state index in [1.54, 1.807) is 29.4 Å². The van der Waals surface area contributed by atoms with Crippen LogP contribution in [-0.4, -0.2) is 52.1 Å². The van der Waals surface area contributed by atoms with Crippen LogP contribution >= 0.6 is 11.6 Å². The molecule has 1 amide bonds. The predicted octanol–water partition coefficient (Wildman–Crippen LogP) is 2.85. The molecule has 2 aromatic heterocycles. The van der Waals surface area contributed by atoms with Crippen LogP contribution in [0.5, 0.6) is 0 Å². The number of rotatable bonds is 3. The van der Waals surface area contributed by atoms with E-state index in [0.717, 1.165) is 16.7 Å². The number of halogens is 1. The quantitative estimate of drug-likeness (QED) is 0.724. The van der Waals surface area contributed by atoms with E-state index >= 15 is 0 Å². The van der Waals surface area contributed by atoms with Crippen molar-refractivity contribution >= 4 is 23.5 Å². The minimum atomic E-state index is -0.0594. The first-order valence-electron chi connectivity index (χ1n) is 8.56. The maximum Gasteiger partial charge on any atom is 0.270 e. The third-order valence-corrected chi connectivity index (χ3v) is 4.66. The normalized spacial score (nSPS) is 14.3. The van der Waals surface area contributed by atoms with E-state index in [1.807, 2.05) is 18.2 Å². The average Bonchev–Trinajstić information content (AvgIpc) is 3.18. The third-order valence-electron chi connectivity index (χ3n) is 4.43. The summed E-state index contributed by atoms with van der Waals surface area (Å²) in [5.41, 5.74) is 9.37. The smallest absolute Gasteiger partial charge is 0.270 e.